The quantitative estimate of drug-likeness (QED) is 0.677. The monoisotopic (exact) mass is 398 g/mol. The smallest absolute Gasteiger partial charge is 0.418 e. The maximum Gasteiger partial charge on any atom is 0.418 e. The van der Waals surface area contributed by atoms with E-state index < -0.39 is 30.6 Å². The Labute approximate surface area is 170 Å². The second-order valence-electron chi connectivity index (χ2n) is 6.44. The Morgan fingerprint density at radius 2 is 1.59 bits per heavy atom. The number of aliphatic hydroxyl groups excluding tert-OH is 1. The van der Waals surface area contributed by atoms with E-state index in [1.807, 2.05) is 60.7 Å². The van der Waals surface area contributed by atoms with Crippen molar-refractivity contribution in [2.45, 2.75) is 32.4 Å². The maximum absolute atomic E-state index is 12.5. The van der Waals surface area contributed by atoms with Crippen molar-refractivity contribution < 1.29 is 24.2 Å². The second-order valence-corrected chi connectivity index (χ2v) is 6.44. The van der Waals surface area contributed by atoms with E-state index in [2.05, 4.69) is 5.32 Å². The summed E-state index contributed by atoms with van der Waals surface area (Å²) in [5, 5.41) is 11.8. The van der Waals surface area contributed by atoms with Crippen molar-refractivity contribution in [1.82, 2.24) is 10.2 Å². The number of amides is 3. The highest BCUT2D eigenvalue weighted by atomic mass is 16.6. The number of nitrogens with zero attached hydrogens (tertiary/aromatic N) is 1. The number of ketones is 1. The van der Waals surface area contributed by atoms with Crippen LogP contribution >= 0.6 is 0 Å². The molecular weight excluding hydrogens is 372 g/mol. The molecular formula is C22H26N2O5. The number of hydrogen-bond acceptors (Lipinski definition) is 5. The van der Waals surface area contributed by atoms with E-state index in [1.54, 1.807) is 6.92 Å². The Morgan fingerprint density at radius 1 is 1.00 bits per heavy atom. The lowest BCUT2D eigenvalue weighted by Gasteiger charge is -2.23. The number of hydrogen-bond donors (Lipinski definition) is 2. The molecule has 0 aliphatic rings. The molecule has 154 valence electrons. The molecule has 29 heavy (non-hydrogen) atoms. The minimum absolute atomic E-state index is 0.0382. The number of nitrogens with one attached hydrogen (secondary N) is 1. The van der Waals surface area contributed by atoms with E-state index in [0.29, 0.717) is 12.8 Å². The number of aliphatic hydroxyl groups is 1. The molecule has 0 bridgehead atoms. The highest BCUT2D eigenvalue weighted by Crippen LogP contribution is 2.08. The number of aryl methyl sites for hydroxylation is 1. The van der Waals surface area contributed by atoms with Gasteiger partial charge in [0, 0.05) is 6.54 Å². The van der Waals surface area contributed by atoms with Crippen LogP contribution in [0.3, 0.4) is 0 Å². The number of imide groups is 1. The molecule has 2 rings (SSSR count). The molecule has 0 saturated heterocycles. The highest BCUT2D eigenvalue weighted by molar-refractivity contribution is 5.94. The number of benzene rings is 2. The number of ether oxygens (including phenoxy) is 1. The molecule has 0 radical (unpaired) electrons. The number of urea groups is 1. The van der Waals surface area contributed by atoms with Gasteiger partial charge in [0.05, 0.1) is 6.04 Å². The first-order valence-electron chi connectivity index (χ1n) is 9.51. The molecule has 0 aliphatic heterocycles. The molecule has 1 atom stereocenters. The van der Waals surface area contributed by atoms with Gasteiger partial charge in [-0.25, -0.2) is 14.5 Å². The van der Waals surface area contributed by atoms with Crippen LogP contribution in [0.1, 0.15) is 24.5 Å². The zero-order chi connectivity index (χ0) is 21.1. The van der Waals surface area contributed by atoms with E-state index >= 15 is 0 Å². The van der Waals surface area contributed by atoms with E-state index in [1.165, 1.54) is 0 Å². The fourth-order valence-electron chi connectivity index (χ4n) is 2.76. The third-order valence-electron chi connectivity index (χ3n) is 4.39. The normalized spacial score (nSPS) is 11.4. The van der Waals surface area contributed by atoms with E-state index in [4.69, 9.17) is 4.74 Å². The standard InChI is InChI=1S/C22H26N2O5/c1-2-24(22(28)29-16-18-11-7-4-8-12-18)21(27)23-19(20(26)15-25)14-13-17-9-5-3-6-10-17/h3-12,19,25H,2,13-16H2,1H3,(H,23,27)/t19-/m0/s1. The van der Waals surface area contributed by atoms with Crippen LogP contribution in [0.25, 0.3) is 0 Å². The van der Waals surface area contributed by atoms with E-state index in [-0.39, 0.29) is 13.2 Å². The van der Waals surface area contributed by atoms with Crippen LogP contribution in [0.2, 0.25) is 0 Å². The lowest BCUT2D eigenvalue weighted by Crippen LogP contribution is -2.50. The van der Waals surface area contributed by atoms with E-state index in [0.717, 1.165) is 16.0 Å². The average molecular weight is 398 g/mol. The summed E-state index contributed by atoms with van der Waals surface area (Å²) in [7, 11) is 0. The van der Waals surface area contributed by atoms with Gasteiger partial charge >= 0.3 is 12.1 Å². The van der Waals surface area contributed by atoms with Crippen molar-refractivity contribution in [3.8, 4) is 0 Å². The highest BCUT2D eigenvalue weighted by Gasteiger charge is 2.26. The minimum Gasteiger partial charge on any atom is -0.444 e. The summed E-state index contributed by atoms with van der Waals surface area (Å²) in [5.74, 6) is -0.511. The van der Waals surface area contributed by atoms with Gasteiger partial charge in [0.25, 0.3) is 0 Å². The molecule has 0 unspecified atom stereocenters. The van der Waals surface area contributed by atoms with Crippen LogP contribution in [0.5, 0.6) is 0 Å². The largest absolute Gasteiger partial charge is 0.444 e. The van der Waals surface area contributed by atoms with E-state index in [9.17, 15) is 19.5 Å². The van der Waals surface area contributed by atoms with Gasteiger partial charge in [0.15, 0.2) is 5.78 Å². The van der Waals surface area contributed by atoms with Gasteiger partial charge in [0.2, 0.25) is 0 Å². The van der Waals surface area contributed by atoms with Crippen LogP contribution in [0.4, 0.5) is 9.59 Å². The molecule has 0 fully saturated rings. The summed E-state index contributed by atoms with van der Waals surface area (Å²) < 4.78 is 5.19. The molecule has 0 saturated carbocycles. The molecule has 0 spiro atoms. The Hall–Kier alpha value is -3.19. The van der Waals surface area contributed by atoms with Gasteiger partial charge < -0.3 is 15.2 Å². The van der Waals surface area contributed by atoms with Gasteiger partial charge in [0.1, 0.15) is 13.2 Å². The predicted octanol–water partition coefficient (Wildman–Crippen LogP) is 2.92. The molecule has 2 aromatic rings. The molecule has 7 heteroatoms. The summed E-state index contributed by atoms with van der Waals surface area (Å²) in [4.78, 5) is 37.8. The number of rotatable bonds is 9. The summed E-state index contributed by atoms with van der Waals surface area (Å²) >= 11 is 0. The fraction of sp³-hybridized carbons (Fsp3) is 0.318. The molecule has 0 aromatic heterocycles. The van der Waals surface area contributed by atoms with Crippen molar-refractivity contribution in [2.75, 3.05) is 13.2 Å². The maximum atomic E-state index is 12.5. The van der Waals surface area contributed by atoms with Crippen LogP contribution < -0.4 is 5.32 Å². The summed E-state index contributed by atoms with van der Waals surface area (Å²) in [5.41, 5.74) is 1.81. The Kier molecular flexibility index (Phi) is 8.85. The Morgan fingerprint density at radius 3 is 2.14 bits per heavy atom. The Bertz CT molecular complexity index is 795. The predicted molar refractivity (Wildman–Crippen MR) is 108 cm³/mol. The molecule has 2 aromatic carbocycles. The molecule has 0 aliphatic carbocycles. The van der Waals surface area contributed by atoms with Gasteiger partial charge in [-0.1, -0.05) is 60.7 Å². The summed E-state index contributed by atoms with van der Waals surface area (Å²) in [6.07, 6.45) is 0.0561. The first-order chi connectivity index (χ1) is 14.0. The Balaban J connectivity index is 1.95. The van der Waals surface area contributed by atoms with Gasteiger partial charge in [-0.05, 0) is 30.9 Å². The van der Waals surface area contributed by atoms with Crippen LogP contribution in [-0.2, 0) is 22.6 Å². The van der Waals surface area contributed by atoms with Crippen molar-refractivity contribution in [3.05, 3.63) is 71.8 Å². The van der Waals surface area contributed by atoms with Crippen LogP contribution in [0, 0.1) is 0 Å². The summed E-state index contributed by atoms with van der Waals surface area (Å²) in [6, 6.07) is 17.0. The lowest BCUT2D eigenvalue weighted by molar-refractivity contribution is -0.123. The first-order valence-corrected chi connectivity index (χ1v) is 9.51. The topological polar surface area (TPSA) is 95.9 Å². The number of carbonyl (C=O) groups excluding carboxylic acids is 3. The second kappa shape index (κ2) is 11.6. The first kappa shape index (κ1) is 22.1. The SMILES string of the molecule is CCN(C(=O)N[C@@H](CCc1ccccc1)C(=O)CO)C(=O)OCc1ccccc1. The molecule has 2 N–H and O–H groups in total. The third-order valence-corrected chi connectivity index (χ3v) is 4.39. The summed E-state index contributed by atoms with van der Waals surface area (Å²) in [6.45, 7) is 1.06. The van der Waals surface area contributed by atoms with Gasteiger partial charge in [-0.3, -0.25) is 4.79 Å². The van der Waals surface area contributed by atoms with Crippen molar-refractivity contribution in [1.29, 1.82) is 0 Å². The minimum atomic E-state index is -0.899. The van der Waals surface area contributed by atoms with Gasteiger partial charge in [-0.2, -0.15) is 0 Å². The van der Waals surface area contributed by atoms with Crippen molar-refractivity contribution >= 4 is 17.9 Å². The van der Waals surface area contributed by atoms with Crippen molar-refractivity contribution in [3.63, 3.8) is 0 Å². The average Bonchev–Trinajstić information content (AvgIpc) is 2.76. The fourth-order valence-corrected chi connectivity index (χ4v) is 2.76. The van der Waals surface area contributed by atoms with Gasteiger partial charge in [-0.15, -0.1) is 0 Å². The number of Topliss-reactive ketones (excluding diaryl/α,β-unsaturated/α-hetero) is 1. The molecule has 0 heterocycles. The third kappa shape index (κ3) is 7.04. The lowest BCUT2D eigenvalue weighted by atomic mass is 10.0. The zero-order valence-electron chi connectivity index (χ0n) is 16.4. The number of carbonyl (C=O) groups is 3. The van der Waals surface area contributed by atoms with Crippen LogP contribution in [-0.4, -0.2) is 47.1 Å². The zero-order valence-corrected chi connectivity index (χ0v) is 16.4. The van der Waals surface area contributed by atoms with Crippen molar-refractivity contribution in [2.24, 2.45) is 0 Å². The molecule has 3 amide bonds. The molecule has 7 nitrogen and oxygen atoms in total. The van der Waals surface area contributed by atoms with Crippen LogP contribution in [0.15, 0.2) is 60.7 Å².